The van der Waals surface area contributed by atoms with Crippen LogP contribution in [0, 0.1) is 6.92 Å². The van der Waals surface area contributed by atoms with Gasteiger partial charge in [0.2, 0.25) is 15.9 Å². The Morgan fingerprint density at radius 2 is 2.00 bits per heavy atom. The van der Waals surface area contributed by atoms with Gasteiger partial charge in [-0.2, -0.15) is 4.31 Å². The lowest BCUT2D eigenvalue weighted by Crippen LogP contribution is -2.41. The van der Waals surface area contributed by atoms with Gasteiger partial charge in [0, 0.05) is 30.1 Å². The minimum atomic E-state index is -3.90. The molecule has 10 nitrogen and oxygen atoms in total. The van der Waals surface area contributed by atoms with E-state index in [1.165, 1.54) is 10.6 Å². The second-order valence-electron chi connectivity index (χ2n) is 7.45. The van der Waals surface area contributed by atoms with Crippen molar-refractivity contribution in [1.29, 1.82) is 0 Å². The maximum absolute atomic E-state index is 13.3. The van der Waals surface area contributed by atoms with Crippen LogP contribution >= 0.6 is 11.3 Å². The SMILES string of the molecule is COc1ccccc1CNC(=O)Cn1cnc2sc(C)c(S(=O)(=O)N3CCOCC3)c2c1=O. The van der Waals surface area contributed by atoms with E-state index in [4.69, 9.17) is 9.47 Å². The van der Waals surface area contributed by atoms with Crippen LogP contribution in [0.25, 0.3) is 10.2 Å². The number of hydrogen-bond acceptors (Lipinski definition) is 8. The van der Waals surface area contributed by atoms with Crippen molar-refractivity contribution in [3.63, 3.8) is 0 Å². The van der Waals surface area contributed by atoms with Crippen LogP contribution in [-0.2, 0) is 32.6 Å². The fourth-order valence-corrected chi connectivity index (χ4v) is 6.78. The van der Waals surface area contributed by atoms with Crippen LogP contribution in [-0.4, -0.2) is 61.6 Å². The summed E-state index contributed by atoms with van der Waals surface area (Å²) in [5.74, 6) is 0.235. The molecule has 0 saturated carbocycles. The number of aromatic nitrogens is 2. The van der Waals surface area contributed by atoms with Crippen molar-refractivity contribution in [2.75, 3.05) is 33.4 Å². The van der Waals surface area contributed by atoms with Crippen LogP contribution < -0.4 is 15.6 Å². The number of nitrogens with zero attached hydrogens (tertiary/aromatic N) is 3. The zero-order valence-corrected chi connectivity index (χ0v) is 19.9. The summed E-state index contributed by atoms with van der Waals surface area (Å²) in [5.41, 5.74) is 0.227. The molecule has 1 aromatic carbocycles. The van der Waals surface area contributed by atoms with E-state index in [1.807, 2.05) is 18.2 Å². The van der Waals surface area contributed by atoms with E-state index in [2.05, 4.69) is 10.3 Å². The summed E-state index contributed by atoms with van der Waals surface area (Å²) in [7, 11) is -2.35. The number of methoxy groups -OCH3 is 1. The molecular formula is C21H24N4O6S2. The molecule has 1 saturated heterocycles. The number of rotatable bonds is 7. The lowest BCUT2D eigenvalue weighted by Gasteiger charge is -2.26. The first-order chi connectivity index (χ1) is 15.8. The van der Waals surface area contributed by atoms with Crippen molar-refractivity contribution in [3.05, 3.63) is 51.4 Å². The molecule has 176 valence electrons. The average molecular weight is 493 g/mol. The van der Waals surface area contributed by atoms with Crippen molar-refractivity contribution >= 4 is 37.5 Å². The predicted octanol–water partition coefficient (Wildman–Crippen LogP) is 1.11. The van der Waals surface area contributed by atoms with Crippen molar-refractivity contribution < 1.29 is 22.7 Å². The highest BCUT2D eigenvalue weighted by molar-refractivity contribution is 7.89. The van der Waals surface area contributed by atoms with Crippen LogP contribution in [0.15, 0.2) is 40.3 Å². The molecule has 0 aliphatic carbocycles. The van der Waals surface area contributed by atoms with E-state index in [9.17, 15) is 18.0 Å². The maximum atomic E-state index is 13.3. The van der Waals surface area contributed by atoms with E-state index in [1.54, 1.807) is 20.1 Å². The molecule has 1 N–H and O–H groups in total. The van der Waals surface area contributed by atoms with Crippen molar-refractivity contribution in [2.45, 2.75) is 24.9 Å². The topological polar surface area (TPSA) is 120 Å². The van der Waals surface area contributed by atoms with Crippen LogP contribution in [0.3, 0.4) is 0 Å². The standard InChI is InChI=1S/C21H24N4O6S2/c1-14-19(33(28,29)25-7-9-31-10-8-25)18-20(32-14)23-13-24(21(18)27)12-17(26)22-11-15-5-3-4-6-16(15)30-2/h3-6,13H,7-12H2,1-2H3,(H,22,26). The van der Waals surface area contributed by atoms with Gasteiger partial charge in [-0.3, -0.25) is 14.2 Å². The third-order valence-electron chi connectivity index (χ3n) is 5.35. The normalized spacial score (nSPS) is 15.0. The Morgan fingerprint density at radius 1 is 1.27 bits per heavy atom. The molecule has 1 aliphatic heterocycles. The summed E-state index contributed by atoms with van der Waals surface area (Å²) in [4.78, 5) is 30.8. The molecule has 2 aromatic heterocycles. The van der Waals surface area contributed by atoms with E-state index in [-0.39, 0.29) is 36.5 Å². The Kier molecular flexibility index (Phi) is 6.79. The monoisotopic (exact) mass is 492 g/mol. The number of thiophene rings is 1. The molecule has 4 rings (SSSR count). The van der Waals surface area contributed by atoms with Gasteiger partial charge in [0.15, 0.2) is 0 Å². The minimum absolute atomic E-state index is 0.0176. The van der Waals surface area contributed by atoms with Gasteiger partial charge in [-0.25, -0.2) is 13.4 Å². The number of carbonyl (C=O) groups is 1. The van der Waals surface area contributed by atoms with Crippen molar-refractivity contribution in [1.82, 2.24) is 19.2 Å². The summed E-state index contributed by atoms with van der Waals surface area (Å²) in [5, 5.41) is 2.77. The fourth-order valence-electron chi connectivity index (χ4n) is 3.71. The zero-order valence-electron chi connectivity index (χ0n) is 18.2. The Bertz CT molecular complexity index is 1340. The molecule has 1 fully saturated rings. The van der Waals surface area contributed by atoms with E-state index in [0.29, 0.717) is 28.7 Å². The second-order valence-corrected chi connectivity index (χ2v) is 10.5. The van der Waals surface area contributed by atoms with Crippen molar-refractivity contribution in [3.8, 4) is 5.75 Å². The summed E-state index contributed by atoms with van der Waals surface area (Å²) in [6.45, 7) is 2.63. The molecule has 0 atom stereocenters. The minimum Gasteiger partial charge on any atom is -0.496 e. The summed E-state index contributed by atoms with van der Waals surface area (Å²) in [6.07, 6.45) is 1.27. The smallest absolute Gasteiger partial charge is 0.263 e. The zero-order chi connectivity index (χ0) is 23.6. The maximum Gasteiger partial charge on any atom is 0.263 e. The number of para-hydroxylation sites is 1. The van der Waals surface area contributed by atoms with Gasteiger partial charge in [-0.1, -0.05) is 18.2 Å². The van der Waals surface area contributed by atoms with Gasteiger partial charge < -0.3 is 14.8 Å². The molecule has 1 aliphatic rings. The van der Waals surface area contributed by atoms with Crippen molar-refractivity contribution in [2.24, 2.45) is 0 Å². The third-order valence-corrected chi connectivity index (χ3v) is 8.56. The largest absolute Gasteiger partial charge is 0.496 e. The second kappa shape index (κ2) is 9.59. The summed E-state index contributed by atoms with van der Waals surface area (Å²) < 4.78 is 39.6. The number of carbonyl (C=O) groups excluding carboxylic acids is 1. The molecule has 12 heteroatoms. The number of hydrogen-bond donors (Lipinski definition) is 1. The van der Waals surface area contributed by atoms with Gasteiger partial charge in [-0.15, -0.1) is 11.3 Å². The van der Waals surface area contributed by atoms with E-state index in [0.717, 1.165) is 21.5 Å². The molecule has 0 bridgehead atoms. The highest BCUT2D eigenvalue weighted by Gasteiger charge is 2.32. The van der Waals surface area contributed by atoms with Gasteiger partial charge in [0.25, 0.3) is 5.56 Å². The number of nitrogens with one attached hydrogen (secondary N) is 1. The molecule has 1 amide bonds. The number of amides is 1. The quantitative estimate of drug-likeness (QED) is 0.525. The molecule has 3 heterocycles. The lowest BCUT2D eigenvalue weighted by atomic mass is 10.2. The van der Waals surface area contributed by atoms with Crippen LogP contribution in [0.2, 0.25) is 0 Å². The number of fused-ring (bicyclic) bond motifs is 1. The first-order valence-electron chi connectivity index (χ1n) is 10.3. The number of sulfonamides is 1. The van der Waals surface area contributed by atoms with Gasteiger partial charge >= 0.3 is 0 Å². The lowest BCUT2D eigenvalue weighted by molar-refractivity contribution is -0.121. The fraction of sp³-hybridized carbons (Fsp3) is 0.381. The average Bonchev–Trinajstić information content (AvgIpc) is 3.17. The molecule has 0 radical (unpaired) electrons. The predicted molar refractivity (Wildman–Crippen MR) is 123 cm³/mol. The molecule has 0 spiro atoms. The van der Waals surface area contributed by atoms with E-state index >= 15 is 0 Å². The Morgan fingerprint density at radius 3 is 2.73 bits per heavy atom. The first kappa shape index (κ1) is 23.4. The van der Waals surface area contributed by atoms with Gasteiger partial charge in [0.05, 0.1) is 32.0 Å². The molecular weight excluding hydrogens is 468 g/mol. The summed E-state index contributed by atoms with van der Waals surface area (Å²) >= 11 is 1.15. The Labute approximate surface area is 194 Å². The Hall–Kier alpha value is -2.80. The van der Waals surface area contributed by atoms with Gasteiger partial charge in [0.1, 0.15) is 22.0 Å². The third kappa shape index (κ3) is 4.64. The first-order valence-corrected chi connectivity index (χ1v) is 12.5. The number of morpholine rings is 1. The highest BCUT2D eigenvalue weighted by Crippen LogP contribution is 2.33. The van der Waals surface area contributed by atoms with Crippen LogP contribution in [0.5, 0.6) is 5.75 Å². The highest BCUT2D eigenvalue weighted by atomic mass is 32.2. The molecule has 3 aromatic rings. The molecule has 33 heavy (non-hydrogen) atoms. The number of benzene rings is 1. The van der Waals surface area contributed by atoms with Gasteiger partial charge in [-0.05, 0) is 13.0 Å². The van der Waals surface area contributed by atoms with Crippen LogP contribution in [0.1, 0.15) is 10.4 Å². The number of aryl methyl sites for hydroxylation is 1. The van der Waals surface area contributed by atoms with E-state index < -0.39 is 21.5 Å². The summed E-state index contributed by atoms with van der Waals surface area (Å²) in [6, 6.07) is 7.28. The molecule has 0 unspecified atom stereocenters. The Balaban J connectivity index is 1.61. The van der Waals surface area contributed by atoms with Crippen LogP contribution in [0.4, 0.5) is 0 Å². The number of ether oxygens (including phenoxy) is 2.